The van der Waals surface area contributed by atoms with Crippen molar-refractivity contribution in [3.63, 3.8) is 0 Å². The number of rotatable bonds is 14. The van der Waals surface area contributed by atoms with Crippen LogP contribution in [-0.2, 0) is 36.8 Å². The number of unbranched alkanes of at least 4 members (excludes halogenated alkanes) is 2. The Morgan fingerprint density at radius 1 is 0.839 bits per heavy atom. The van der Waals surface area contributed by atoms with Gasteiger partial charge in [-0.1, -0.05) is 82.1 Å². The Morgan fingerprint density at radius 2 is 1.45 bits per heavy atom. The Balaban J connectivity index is 0.00000160. The zero-order valence-corrected chi connectivity index (χ0v) is 35.7. The highest BCUT2D eigenvalue weighted by molar-refractivity contribution is 5.96. The van der Waals surface area contributed by atoms with Crippen molar-refractivity contribution < 1.29 is 44.1 Å². The van der Waals surface area contributed by atoms with E-state index < -0.39 is 60.7 Å². The van der Waals surface area contributed by atoms with Crippen molar-refractivity contribution in [1.82, 2.24) is 26.2 Å². The van der Waals surface area contributed by atoms with Crippen LogP contribution in [0, 0.1) is 5.92 Å². The summed E-state index contributed by atoms with van der Waals surface area (Å²) in [5, 5.41) is 41.3. The average Bonchev–Trinajstić information content (AvgIpc) is 3.27. The van der Waals surface area contributed by atoms with Gasteiger partial charge < -0.3 is 47.2 Å². The number of fused-ring (bicyclic) bond motifs is 5. The van der Waals surface area contributed by atoms with E-state index in [9.17, 15) is 44.1 Å². The Kier molecular flexibility index (Phi) is 18.0. The maximum atomic E-state index is 13.6. The molecular weight excluding hydrogens is 793 g/mol. The van der Waals surface area contributed by atoms with Gasteiger partial charge in [0.15, 0.2) is 0 Å². The molecule has 330 valence electrons. The van der Waals surface area contributed by atoms with Crippen LogP contribution >= 0.6 is 0 Å². The van der Waals surface area contributed by atoms with Gasteiger partial charge in [-0.3, -0.25) is 24.0 Å². The number of nitrogens with two attached hydrogens (primary N) is 1. The first-order valence-corrected chi connectivity index (χ1v) is 20.8. The van der Waals surface area contributed by atoms with E-state index >= 15 is 0 Å². The fourth-order valence-corrected chi connectivity index (χ4v) is 6.67. The molecule has 62 heavy (non-hydrogen) atoms. The molecule has 4 bridgehead atoms. The predicted molar refractivity (Wildman–Crippen MR) is 236 cm³/mol. The lowest BCUT2D eigenvalue weighted by atomic mass is 9.94. The first-order valence-electron chi connectivity index (χ1n) is 20.8. The summed E-state index contributed by atoms with van der Waals surface area (Å²) >= 11 is 0. The van der Waals surface area contributed by atoms with E-state index in [4.69, 9.17) is 5.73 Å². The first-order chi connectivity index (χ1) is 29.7. The molecule has 2 unspecified atom stereocenters. The van der Waals surface area contributed by atoms with Gasteiger partial charge in [0, 0.05) is 36.7 Å². The van der Waals surface area contributed by atoms with Crippen LogP contribution in [0.4, 0.5) is 0 Å². The topological polar surface area (TPSA) is 240 Å². The zero-order chi connectivity index (χ0) is 45.3. The standard InChI is InChI=1S/C43H47N5O9.C4H11N/c1-4-5-6-26-7-10-28(11-8-26)29-12-14-30(15-13-29)41(54)44-22-25(2)40(53)46-24-38(52)48(3)39-31-16-18-36(50)33(21-31)32-19-27(9-17-35(32)49)20-34(43(56)57)47-37(51)23-45-42(39)55;1-2-3-4-5/h7-19,21,25,34,39,49-50H,4-6,20,22-24H2,1-3H3,(H,44,54)(H,45,55)(H,46,53)(H,47,51)(H,56,57);2-5H2,1H3/t25?,34-,39?;/m0./s1. The molecule has 0 radical (unpaired) electrons. The molecule has 0 aliphatic carbocycles. The fourth-order valence-electron chi connectivity index (χ4n) is 6.67. The number of benzene rings is 4. The van der Waals surface area contributed by atoms with E-state index in [0.717, 1.165) is 41.8 Å². The van der Waals surface area contributed by atoms with E-state index in [2.05, 4.69) is 59.4 Å². The number of nitrogens with one attached hydrogen (secondary N) is 4. The summed E-state index contributed by atoms with van der Waals surface area (Å²) < 4.78 is 0. The minimum atomic E-state index is -1.39. The second kappa shape index (κ2) is 23.3. The molecule has 1 heterocycles. The molecule has 4 aromatic carbocycles. The highest BCUT2D eigenvalue weighted by Gasteiger charge is 2.31. The van der Waals surface area contributed by atoms with Gasteiger partial charge >= 0.3 is 5.97 Å². The number of aromatic hydroxyl groups is 2. The molecule has 4 aromatic rings. The highest BCUT2D eigenvalue weighted by atomic mass is 16.4. The zero-order valence-electron chi connectivity index (χ0n) is 35.7. The van der Waals surface area contributed by atoms with Gasteiger partial charge in [-0.15, -0.1) is 0 Å². The van der Waals surface area contributed by atoms with Gasteiger partial charge in [-0.25, -0.2) is 4.79 Å². The van der Waals surface area contributed by atoms with Crippen LogP contribution in [0.25, 0.3) is 22.3 Å². The molecule has 0 spiro atoms. The highest BCUT2D eigenvalue weighted by Crippen LogP contribution is 2.38. The lowest BCUT2D eigenvalue weighted by molar-refractivity contribution is -0.142. The lowest BCUT2D eigenvalue weighted by Gasteiger charge is -2.29. The number of amides is 5. The number of aliphatic carboxylic acids is 1. The van der Waals surface area contributed by atoms with Crippen molar-refractivity contribution >= 4 is 35.5 Å². The Bertz CT molecular complexity index is 2190. The van der Waals surface area contributed by atoms with E-state index in [1.807, 2.05) is 12.1 Å². The van der Waals surface area contributed by atoms with Crippen molar-refractivity contribution in [3.05, 3.63) is 107 Å². The van der Waals surface area contributed by atoms with Gasteiger partial charge in [-0.05, 0) is 90.0 Å². The number of hydrogen-bond acceptors (Lipinski definition) is 9. The van der Waals surface area contributed by atoms with E-state index in [0.29, 0.717) is 11.1 Å². The van der Waals surface area contributed by atoms with Crippen molar-refractivity contribution in [1.29, 1.82) is 0 Å². The maximum absolute atomic E-state index is 13.6. The molecule has 5 rings (SSSR count). The van der Waals surface area contributed by atoms with Crippen LogP contribution in [0.5, 0.6) is 11.5 Å². The second-order valence-corrected chi connectivity index (χ2v) is 15.3. The second-order valence-electron chi connectivity index (χ2n) is 15.3. The van der Waals surface area contributed by atoms with Crippen LogP contribution in [0.3, 0.4) is 0 Å². The summed E-state index contributed by atoms with van der Waals surface area (Å²) in [4.78, 5) is 78.8. The minimum absolute atomic E-state index is 0.0180. The molecule has 15 nitrogen and oxygen atoms in total. The number of hydrogen-bond donors (Lipinski definition) is 8. The van der Waals surface area contributed by atoms with Crippen molar-refractivity contribution in [3.8, 4) is 33.8 Å². The molecule has 0 aromatic heterocycles. The largest absolute Gasteiger partial charge is 0.507 e. The van der Waals surface area contributed by atoms with Crippen molar-refractivity contribution in [2.24, 2.45) is 11.7 Å². The quantitative estimate of drug-likeness (QED) is 0.0887. The van der Waals surface area contributed by atoms with Crippen LogP contribution in [0.15, 0.2) is 84.9 Å². The number of phenols is 2. The van der Waals surface area contributed by atoms with Crippen LogP contribution in [0.1, 0.15) is 79.5 Å². The number of carbonyl (C=O) groups excluding carboxylic acids is 5. The molecule has 0 saturated heterocycles. The molecule has 15 heteroatoms. The van der Waals surface area contributed by atoms with Crippen molar-refractivity contribution in [2.75, 3.05) is 33.2 Å². The summed E-state index contributed by atoms with van der Waals surface area (Å²) in [5.74, 6) is -5.75. The van der Waals surface area contributed by atoms with Crippen LogP contribution in [0.2, 0.25) is 0 Å². The minimum Gasteiger partial charge on any atom is -0.507 e. The van der Waals surface area contributed by atoms with E-state index in [1.165, 1.54) is 61.9 Å². The maximum Gasteiger partial charge on any atom is 0.326 e. The Morgan fingerprint density at radius 3 is 2.05 bits per heavy atom. The van der Waals surface area contributed by atoms with E-state index in [1.54, 1.807) is 19.1 Å². The molecule has 0 saturated carbocycles. The monoisotopic (exact) mass is 850 g/mol. The number of carboxylic acid groups (broad SMARTS) is 1. The summed E-state index contributed by atoms with van der Waals surface area (Å²) in [5.41, 5.74) is 9.71. The Labute approximate surface area is 362 Å². The van der Waals surface area contributed by atoms with Crippen LogP contribution in [-0.4, -0.2) is 95.0 Å². The molecule has 5 amide bonds. The fraction of sp³-hybridized carbons (Fsp3) is 0.362. The number of aryl methyl sites for hydroxylation is 1. The van der Waals surface area contributed by atoms with Crippen LogP contribution < -0.4 is 27.0 Å². The van der Waals surface area contributed by atoms with Crippen molar-refractivity contribution in [2.45, 2.75) is 71.4 Å². The van der Waals surface area contributed by atoms with Gasteiger partial charge in [0.25, 0.3) is 5.91 Å². The molecule has 9 N–H and O–H groups in total. The van der Waals surface area contributed by atoms with E-state index in [-0.39, 0.29) is 47.1 Å². The molecule has 1 aliphatic heterocycles. The van der Waals surface area contributed by atoms with Gasteiger partial charge in [0.05, 0.1) is 19.0 Å². The normalized spacial score (nSPS) is 15.3. The van der Waals surface area contributed by atoms with Gasteiger partial charge in [0.2, 0.25) is 23.6 Å². The summed E-state index contributed by atoms with van der Waals surface area (Å²) in [6.07, 6.45) is 5.54. The third-order valence-corrected chi connectivity index (χ3v) is 10.5. The first kappa shape index (κ1) is 47.9. The molecule has 3 atom stereocenters. The number of carboxylic acids is 1. The van der Waals surface area contributed by atoms with Gasteiger partial charge in [0.1, 0.15) is 23.6 Å². The SMILES string of the molecule is CCCCN.CCCCc1ccc(-c2ccc(C(=O)NCC(C)C(=O)NCC(=O)N(C)C3C(=O)NCC(=O)N[C@H](C(=O)O)Cc4ccc(O)c(c4)-c4cc3ccc4O)cc2)cc1. The summed E-state index contributed by atoms with van der Waals surface area (Å²) in [7, 11) is 1.32. The number of carbonyl (C=O) groups is 6. The molecular formula is C47H58N6O9. The Hall–Kier alpha value is -6.74. The predicted octanol–water partition coefficient (Wildman–Crippen LogP) is 4.44. The number of likely N-dealkylation sites (N-methyl/N-ethyl adjacent to an activating group) is 1. The summed E-state index contributed by atoms with van der Waals surface area (Å²) in [6.45, 7) is 5.58. The number of nitrogens with zero attached hydrogens (tertiary/aromatic N) is 1. The molecule has 0 fully saturated rings. The summed E-state index contributed by atoms with van der Waals surface area (Å²) in [6, 6.07) is 21.1. The average molecular weight is 851 g/mol. The lowest BCUT2D eigenvalue weighted by Crippen LogP contribution is -2.50. The van der Waals surface area contributed by atoms with Gasteiger partial charge in [-0.2, -0.15) is 0 Å². The number of phenolic OH excluding ortho intramolecular Hbond substituents is 2. The smallest absolute Gasteiger partial charge is 0.326 e. The third-order valence-electron chi connectivity index (χ3n) is 10.5. The molecule has 1 aliphatic rings. The third kappa shape index (κ3) is 13.4.